The third kappa shape index (κ3) is 5.72. The van der Waals surface area contributed by atoms with Gasteiger partial charge in [-0.3, -0.25) is 13.6 Å². The third-order valence-corrected chi connectivity index (χ3v) is 4.22. The molecule has 0 unspecified atom stereocenters. The quantitative estimate of drug-likeness (QED) is 0.716. The monoisotopic (exact) mass is 321 g/mol. The minimum absolute atomic E-state index is 0.112. The molecule has 6 heteroatoms. The number of hydrogen-bond acceptors (Lipinski definition) is 5. The number of nitrogens with two attached hydrogens (primary N) is 1. The van der Waals surface area contributed by atoms with Crippen LogP contribution in [0.15, 0.2) is 60.7 Å². The van der Waals surface area contributed by atoms with Gasteiger partial charge in [0.25, 0.3) is 0 Å². The summed E-state index contributed by atoms with van der Waals surface area (Å²) in [5.41, 5.74) is 7.18. The van der Waals surface area contributed by atoms with Crippen molar-refractivity contribution in [1.29, 1.82) is 0 Å². The van der Waals surface area contributed by atoms with Crippen LogP contribution in [0.3, 0.4) is 0 Å². The second kappa shape index (κ2) is 8.83. The van der Waals surface area contributed by atoms with Gasteiger partial charge in [-0.2, -0.15) is 0 Å². The normalized spacial score (nSPS) is 11.5. The molecule has 0 aliphatic heterocycles. The van der Waals surface area contributed by atoms with Crippen LogP contribution >= 0.6 is 7.82 Å². The average molecular weight is 321 g/mol. The van der Waals surface area contributed by atoms with Gasteiger partial charge in [-0.1, -0.05) is 60.7 Å². The van der Waals surface area contributed by atoms with E-state index in [0.717, 1.165) is 11.1 Å². The van der Waals surface area contributed by atoms with Gasteiger partial charge in [0.05, 0.1) is 19.8 Å². The van der Waals surface area contributed by atoms with E-state index in [1.807, 2.05) is 60.7 Å². The summed E-state index contributed by atoms with van der Waals surface area (Å²) >= 11 is 0. The molecule has 2 aromatic rings. The zero-order valence-corrected chi connectivity index (χ0v) is 13.2. The summed E-state index contributed by atoms with van der Waals surface area (Å²) in [6.07, 6.45) is 0. The smallest absolute Gasteiger partial charge is 0.328 e. The highest BCUT2D eigenvalue weighted by Gasteiger charge is 2.26. The van der Waals surface area contributed by atoms with Crippen LogP contribution in [-0.4, -0.2) is 13.2 Å². The minimum Gasteiger partial charge on any atom is -0.328 e. The average Bonchev–Trinajstić information content (AvgIpc) is 2.59. The molecule has 22 heavy (non-hydrogen) atoms. The molecule has 0 heterocycles. The predicted molar refractivity (Wildman–Crippen MR) is 85.1 cm³/mol. The maximum Gasteiger partial charge on any atom is 0.475 e. The van der Waals surface area contributed by atoms with Gasteiger partial charge in [-0.25, -0.2) is 4.57 Å². The highest BCUT2D eigenvalue weighted by molar-refractivity contribution is 7.48. The molecule has 0 atom stereocenters. The van der Waals surface area contributed by atoms with Crippen molar-refractivity contribution < 1.29 is 18.1 Å². The van der Waals surface area contributed by atoms with Crippen LogP contribution in [0.2, 0.25) is 0 Å². The fourth-order valence-corrected chi connectivity index (χ4v) is 2.90. The van der Waals surface area contributed by atoms with Crippen molar-refractivity contribution in [3.05, 3.63) is 71.8 Å². The summed E-state index contributed by atoms with van der Waals surface area (Å²) in [6.45, 7) is 0.656. The highest BCUT2D eigenvalue weighted by atomic mass is 31.2. The number of benzene rings is 2. The molecule has 118 valence electrons. The molecule has 2 aromatic carbocycles. The van der Waals surface area contributed by atoms with Crippen molar-refractivity contribution in [3.63, 3.8) is 0 Å². The van der Waals surface area contributed by atoms with Gasteiger partial charge in [-0.05, 0) is 11.1 Å². The maximum absolute atomic E-state index is 12.6. The zero-order valence-electron chi connectivity index (χ0n) is 12.3. The molecular formula is C16H20NO4P. The van der Waals surface area contributed by atoms with E-state index in [-0.39, 0.29) is 26.4 Å². The summed E-state index contributed by atoms with van der Waals surface area (Å²) < 4.78 is 28.6. The van der Waals surface area contributed by atoms with Gasteiger partial charge in [0.15, 0.2) is 0 Å². The summed E-state index contributed by atoms with van der Waals surface area (Å²) in [6, 6.07) is 18.9. The predicted octanol–water partition coefficient (Wildman–Crippen LogP) is 3.50. The van der Waals surface area contributed by atoms with Crippen molar-refractivity contribution in [1.82, 2.24) is 0 Å². The molecule has 0 amide bonds. The summed E-state index contributed by atoms with van der Waals surface area (Å²) in [5.74, 6) is 0. The summed E-state index contributed by atoms with van der Waals surface area (Å²) in [4.78, 5) is 0. The van der Waals surface area contributed by atoms with Gasteiger partial charge in [-0.15, -0.1) is 0 Å². The van der Waals surface area contributed by atoms with Crippen molar-refractivity contribution in [3.8, 4) is 0 Å². The minimum atomic E-state index is -3.65. The van der Waals surface area contributed by atoms with Crippen molar-refractivity contribution in [2.45, 2.75) is 13.2 Å². The van der Waals surface area contributed by atoms with E-state index in [1.54, 1.807) is 0 Å². The molecular weight excluding hydrogens is 301 g/mol. The Hall–Kier alpha value is -1.49. The number of rotatable bonds is 9. The van der Waals surface area contributed by atoms with E-state index in [9.17, 15) is 4.57 Å². The first-order chi connectivity index (χ1) is 10.7. The van der Waals surface area contributed by atoms with Crippen molar-refractivity contribution >= 4 is 7.82 Å². The molecule has 0 saturated heterocycles. The molecule has 0 bridgehead atoms. The Kier molecular flexibility index (Phi) is 6.77. The van der Waals surface area contributed by atoms with Crippen LogP contribution in [0.1, 0.15) is 11.1 Å². The van der Waals surface area contributed by atoms with E-state index < -0.39 is 7.82 Å². The molecule has 2 rings (SSSR count). The second-order valence-corrected chi connectivity index (χ2v) is 6.26. The Bertz CT molecular complexity index is 544. The highest BCUT2D eigenvalue weighted by Crippen LogP contribution is 2.50. The Morgan fingerprint density at radius 2 is 1.23 bits per heavy atom. The summed E-state index contributed by atoms with van der Waals surface area (Å²) in [5, 5.41) is 0. The van der Waals surface area contributed by atoms with Gasteiger partial charge >= 0.3 is 7.82 Å². The van der Waals surface area contributed by atoms with Gasteiger partial charge < -0.3 is 5.73 Å². The van der Waals surface area contributed by atoms with Crippen LogP contribution < -0.4 is 5.73 Å². The molecule has 0 fully saturated rings. The van der Waals surface area contributed by atoms with E-state index in [0.29, 0.717) is 0 Å². The molecule has 0 aliphatic rings. The van der Waals surface area contributed by atoms with Crippen molar-refractivity contribution in [2.75, 3.05) is 13.2 Å². The standard InChI is InChI=1S/C16H20NO4P/c17-11-12-19-22(18,20-13-15-7-3-1-4-8-15)21-14-16-9-5-2-6-10-16/h1-10H,11-14,17H2. The second-order valence-electron chi connectivity index (χ2n) is 4.59. The maximum atomic E-state index is 12.6. The Balaban J connectivity index is 1.95. The van der Waals surface area contributed by atoms with Crippen molar-refractivity contribution in [2.24, 2.45) is 5.73 Å². The van der Waals surface area contributed by atoms with Gasteiger partial charge in [0.2, 0.25) is 0 Å². The lowest BCUT2D eigenvalue weighted by atomic mass is 10.2. The third-order valence-electron chi connectivity index (χ3n) is 2.83. The molecule has 2 N–H and O–H groups in total. The SMILES string of the molecule is NCCOP(=O)(OCc1ccccc1)OCc1ccccc1. The summed E-state index contributed by atoms with van der Waals surface area (Å²) in [7, 11) is -3.65. The first kappa shape index (κ1) is 16.9. The van der Waals surface area contributed by atoms with Crippen LogP contribution in [0.4, 0.5) is 0 Å². The van der Waals surface area contributed by atoms with E-state index in [2.05, 4.69) is 0 Å². The van der Waals surface area contributed by atoms with Crippen LogP contribution in [-0.2, 0) is 31.4 Å². The molecule has 0 radical (unpaired) electrons. The lowest BCUT2D eigenvalue weighted by molar-refractivity contribution is 0.105. The first-order valence-corrected chi connectivity index (χ1v) is 8.49. The topological polar surface area (TPSA) is 70.8 Å². The van der Waals surface area contributed by atoms with Gasteiger partial charge in [0, 0.05) is 6.54 Å². The number of hydrogen-bond donors (Lipinski definition) is 1. The molecule has 0 saturated carbocycles. The molecule has 0 spiro atoms. The van der Waals surface area contributed by atoms with Crippen LogP contribution in [0.5, 0.6) is 0 Å². The van der Waals surface area contributed by atoms with Gasteiger partial charge in [0.1, 0.15) is 0 Å². The van der Waals surface area contributed by atoms with E-state index in [1.165, 1.54) is 0 Å². The fraction of sp³-hybridized carbons (Fsp3) is 0.250. The lowest BCUT2D eigenvalue weighted by Crippen LogP contribution is -2.09. The Morgan fingerprint density at radius 3 is 1.64 bits per heavy atom. The number of phosphoric ester groups is 1. The number of phosphoric acid groups is 1. The molecule has 0 aliphatic carbocycles. The Labute approximate surface area is 130 Å². The van der Waals surface area contributed by atoms with Crippen LogP contribution in [0.25, 0.3) is 0 Å². The largest absolute Gasteiger partial charge is 0.475 e. The van der Waals surface area contributed by atoms with E-state index >= 15 is 0 Å². The van der Waals surface area contributed by atoms with E-state index in [4.69, 9.17) is 19.3 Å². The fourth-order valence-electron chi connectivity index (χ4n) is 1.73. The zero-order chi connectivity index (χ0) is 15.7. The first-order valence-electron chi connectivity index (χ1n) is 7.03. The molecule has 5 nitrogen and oxygen atoms in total. The lowest BCUT2D eigenvalue weighted by Gasteiger charge is -2.18. The van der Waals surface area contributed by atoms with Crippen LogP contribution in [0, 0.1) is 0 Å². The molecule has 0 aromatic heterocycles. The Morgan fingerprint density at radius 1 is 0.773 bits per heavy atom.